The molecular weight excluding hydrogens is 491 g/mol. The summed E-state index contributed by atoms with van der Waals surface area (Å²) in [7, 11) is -2.48. The van der Waals surface area contributed by atoms with Gasteiger partial charge in [-0.25, -0.2) is 18.4 Å². The molecule has 0 aromatic carbocycles. The second-order valence-corrected chi connectivity index (χ2v) is 9.17. The van der Waals surface area contributed by atoms with Gasteiger partial charge in [0.1, 0.15) is 11.5 Å². The molecule has 3 aromatic heterocycles. The summed E-state index contributed by atoms with van der Waals surface area (Å²) in [6.07, 6.45) is -2.63. The van der Waals surface area contributed by atoms with E-state index in [1.165, 1.54) is 30.6 Å². The number of nitrogens with one attached hydrogen (secondary N) is 2. The first-order chi connectivity index (χ1) is 14.0. The topological polar surface area (TPSA) is 105 Å². The van der Waals surface area contributed by atoms with E-state index in [0.717, 1.165) is 0 Å². The van der Waals surface area contributed by atoms with Crippen LogP contribution >= 0.6 is 15.9 Å². The van der Waals surface area contributed by atoms with Gasteiger partial charge in [-0.3, -0.25) is 9.20 Å². The van der Waals surface area contributed by atoms with Gasteiger partial charge in [0.15, 0.2) is 20.6 Å². The lowest BCUT2D eigenvalue weighted by molar-refractivity contribution is -0.137. The van der Waals surface area contributed by atoms with Crippen LogP contribution in [0.1, 0.15) is 23.0 Å². The number of carbonyl (C=O) groups excluding carboxylic acids is 1. The Kier molecular flexibility index (Phi) is 5.78. The highest BCUT2D eigenvalue weighted by molar-refractivity contribution is 9.10. The van der Waals surface area contributed by atoms with Crippen LogP contribution in [0.15, 0.2) is 40.1 Å². The molecule has 0 saturated carbocycles. The monoisotopic (exact) mass is 505 g/mol. The highest BCUT2D eigenvalue weighted by atomic mass is 79.9. The van der Waals surface area contributed by atoms with E-state index in [-0.39, 0.29) is 27.9 Å². The van der Waals surface area contributed by atoms with Crippen LogP contribution in [0.4, 0.5) is 24.7 Å². The van der Waals surface area contributed by atoms with Crippen LogP contribution < -0.4 is 10.6 Å². The highest BCUT2D eigenvalue weighted by Gasteiger charge is 2.33. The van der Waals surface area contributed by atoms with Crippen molar-refractivity contribution in [2.75, 3.05) is 23.4 Å². The van der Waals surface area contributed by atoms with Crippen molar-refractivity contribution in [2.24, 2.45) is 0 Å². The van der Waals surface area contributed by atoms with Crippen LogP contribution in [0.5, 0.6) is 0 Å². The van der Waals surface area contributed by atoms with E-state index in [9.17, 15) is 26.4 Å². The molecule has 0 radical (unpaired) electrons. The third kappa shape index (κ3) is 4.12. The number of hydrogen-bond acceptors (Lipinski definition) is 6. The van der Waals surface area contributed by atoms with Crippen molar-refractivity contribution in [1.29, 1.82) is 0 Å². The minimum Gasteiger partial charge on any atom is -0.371 e. The molecule has 13 heteroatoms. The van der Waals surface area contributed by atoms with Crippen molar-refractivity contribution in [3.8, 4) is 0 Å². The summed E-state index contributed by atoms with van der Waals surface area (Å²) in [5, 5.41) is 4.51. The third-order valence-corrected chi connectivity index (χ3v) is 6.37. The van der Waals surface area contributed by atoms with Crippen LogP contribution in [-0.4, -0.2) is 41.5 Å². The minimum atomic E-state index is -4.68. The number of imidazole rings is 1. The van der Waals surface area contributed by atoms with Crippen molar-refractivity contribution >= 4 is 48.8 Å². The third-order valence-electron chi connectivity index (χ3n) is 4.13. The van der Waals surface area contributed by atoms with Gasteiger partial charge in [0.2, 0.25) is 0 Å². The Balaban J connectivity index is 2.14. The Hall–Kier alpha value is -2.67. The zero-order chi connectivity index (χ0) is 22.3. The van der Waals surface area contributed by atoms with Crippen LogP contribution in [0.2, 0.25) is 0 Å². The first-order valence-electron chi connectivity index (χ1n) is 8.44. The number of alkyl halides is 3. The summed E-state index contributed by atoms with van der Waals surface area (Å²) in [5.74, 6) is -1.31. The number of pyridine rings is 2. The average Bonchev–Trinajstić information content (AvgIpc) is 3.06. The molecule has 0 aliphatic heterocycles. The Morgan fingerprint density at radius 1 is 1.30 bits per heavy atom. The van der Waals surface area contributed by atoms with E-state index in [2.05, 4.69) is 36.5 Å². The van der Waals surface area contributed by atoms with Gasteiger partial charge in [-0.2, -0.15) is 13.2 Å². The molecule has 0 aliphatic carbocycles. The summed E-state index contributed by atoms with van der Waals surface area (Å²) in [4.78, 5) is 20.6. The van der Waals surface area contributed by atoms with Gasteiger partial charge >= 0.3 is 6.18 Å². The molecular formula is C17H15BrF3N5O3S. The van der Waals surface area contributed by atoms with Crippen LogP contribution in [0.25, 0.3) is 5.65 Å². The van der Waals surface area contributed by atoms with Crippen LogP contribution in [-0.2, 0) is 16.0 Å². The maximum absolute atomic E-state index is 13.0. The Morgan fingerprint density at radius 2 is 2.00 bits per heavy atom. The van der Waals surface area contributed by atoms with E-state index in [1.54, 1.807) is 6.07 Å². The van der Waals surface area contributed by atoms with E-state index in [4.69, 9.17) is 0 Å². The van der Waals surface area contributed by atoms with Gasteiger partial charge in [0.05, 0.1) is 17.0 Å². The molecule has 2 N–H and O–H groups in total. The first-order valence-corrected chi connectivity index (χ1v) is 10.9. The number of anilines is 2. The van der Waals surface area contributed by atoms with Gasteiger partial charge < -0.3 is 10.6 Å². The SMILES string of the molecule is CCS(=O)(=O)c1c(C(=O)Nc2cc(C(F)(F)F)cnc2NC)nc2cc(Br)ccn12. The molecule has 30 heavy (non-hydrogen) atoms. The largest absolute Gasteiger partial charge is 0.417 e. The number of carbonyl (C=O) groups is 1. The molecule has 3 rings (SSSR count). The van der Waals surface area contributed by atoms with Gasteiger partial charge in [0, 0.05) is 23.9 Å². The zero-order valence-electron chi connectivity index (χ0n) is 15.6. The highest BCUT2D eigenvalue weighted by Crippen LogP contribution is 2.33. The number of amides is 1. The molecule has 1 amide bonds. The van der Waals surface area contributed by atoms with E-state index >= 15 is 0 Å². The van der Waals surface area contributed by atoms with Gasteiger partial charge in [-0.15, -0.1) is 0 Å². The summed E-state index contributed by atoms with van der Waals surface area (Å²) in [6, 6.07) is 3.79. The lowest BCUT2D eigenvalue weighted by Crippen LogP contribution is -2.19. The van der Waals surface area contributed by atoms with Crippen molar-refractivity contribution in [2.45, 2.75) is 18.1 Å². The number of sulfone groups is 1. The quantitative estimate of drug-likeness (QED) is 0.548. The minimum absolute atomic E-state index is 0.0252. The molecule has 3 aromatic rings. The molecule has 0 atom stereocenters. The predicted molar refractivity (Wildman–Crippen MR) is 107 cm³/mol. The maximum Gasteiger partial charge on any atom is 0.417 e. The normalized spacial score (nSPS) is 12.2. The molecule has 0 aliphatic rings. The average molecular weight is 506 g/mol. The zero-order valence-corrected chi connectivity index (χ0v) is 18.0. The molecule has 0 unspecified atom stereocenters. The molecule has 0 saturated heterocycles. The van der Waals surface area contributed by atoms with Crippen molar-refractivity contribution in [3.05, 3.63) is 46.3 Å². The molecule has 3 heterocycles. The molecule has 0 spiro atoms. The summed E-state index contributed by atoms with van der Waals surface area (Å²) >= 11 is 3.24. The number of aromatic nitrogens is 3. The van der Waals surface area contributed by atoms with Gasteiger partial charge in [-0.1, -0.05) is 22.9 Å². The maximum atomic E-state index is 13.0. The molecule has 0 bridgehead atoms. The van der Waals surface area contributed by atoms with Crippen molar-refractivity contribution < 1.29 is 26.4 Å². The lowest BCUT2D eigenvalue weighted by atomic mass is 10.2. The number of fused-ring (bicyclic) bond motifs is 1. The Labute approximate surface area is 177 Å². The van der Waals surface area contributed by atoms with Crippen LogP contribution in [0.3, 0.4) is 0 Å². The Bertz CT molecular complexity index is 1240. The van der Waals surface area contributed by atoms with Gasteiger partial charge in [-0.05, 0) is 18.2 Å². The first kappa shape index (κ1) is 22.0. The van der Waals surface area contributed by atoms with E-state index in [0.29, 0.717) is 16.7 Å². The number of nitrogens with zero attached hydrogens (tertiary/aromatic N) is 3. The number of halogens is 4. The smallest absolute Gasteiger partial charge is 0.371 e. The summed E-state index contributed by atoms with van der Waals surface area (Å²) in [5.41, 5.74) is -1.60. The van der Waals surface area contributed by atoms with Crippen molar-refractivity contribution in [1.82, 2.24) is 14.4 Å². The van der Waals surface area contributed by atoms with E-state index < -0.39 is 33.2 Å². The van der Waals surface area contributed by atoms with E-state index in [1.807, 2.05) is 0 Å². The van der Waals surface area contributed by atoms with Gasteiger partial charge in [0.25, 0.3) is 5.91 Å². The fourth-order valence-electron chi connectivity index (χ4n) is 2.67. The number of hydrogen-bond donors (Lipinski definition) is 2. The lowest BCUT2D eigenvalue weighted by Gasteiger charge is -2.13. The van der Waals surface area contributed by atoms with Crippen LogP contribution in [0, 0.1) is 0 Å². The predicted octanol–water partition coefficient (Wildman–Crippen LogP) is 3.60. The second kappa shape index (κ2) is 7.87. The summed E-state index contributed by atoms with van der Waals surface area (Å²) in [6.45, 7) is 1.41. The molecule has 160 valence electrons. The molecule has 0 fully saturated rings. The Morgan fingerprint density at radius 3 is 2.60 bits per heavy atom. The van der Waals surface area contributed by atoms with Crippen molar-refractivity contribution in [3.63, 3.8) is 0 Å². The number of rotatable bonds is 5. The second-order valence-electron chi connectivity index (χ2n) is 6.06. The summed E-state index contributed by atoms with van der Waals surface area (Å²) < 4.78 is 66.2. The molecule has 8 nitrogen and oxygen atoms in total. The fourth-order valence-corrected chi connectivity index (χ4v) is 4.16. The standard InChI is InChI=1S/C17H15BrF3N5O3S/c1-3-30(28,29)16-13(25-12-7-10(18)4-5-26(12)16)15(27)24-11-6-9(17(19,20)21)8-23-14(11)22-2/h4-8H,3H2,1-2H3,(H,22,23)(H,24,27). The fraction of sp³-hybridized carbons (Fsp3) is 0.235.